The molecule has 1 saturated heterocycles. The quantitative estimate of drug-likeness (QED) is 0.683. The second kappa shape index (κ2) is 4.45. The minimum absolute atomic E-state index is 0.00135. The van der Waals surface area contributed by atoms with Gasteiger partial charge in [0, 0.05) is 5.69 Å². The number of benzene rings is 1. The van der Waals surface area contributed by atoms with E-state index >= 15 is 0 Å². The van der Waals surface area contributed by atoms with Crippen LogP contribution in [0, 0.1) is 30.6 Å². The number of amides is 2. The second-order valence-electron chi connectivity index (χ2n) is 6.31. The molecule has 2 aliphatic carbocycles. The molecule has 0 unspecified atom stereocenters. The zero-order valence-corrected chi connectivity index (χ0v) is 12.0. The van der Waals surface area contributed by atoms with Gasteiger partial charge in [0.2, 0.25) is 11.8 Å². The van der Waals surface area contributed by atoms with Crippen molar-refractivity contribution in [2.24, 2.45) is 23.7 Å². The van der Waals surface area contributed by atoms with E-state index in [2.05, 4.69) is 17.5 Å². The first-order valence-corrected chi connectivity index (χ1v) is 7.49. The summed E-state index contributed by atoms with van der Waals surface area (Å²) in [6.07, 6.45) is 5.22. The first-order valence-electron chi connectivity index (χ1n) is 7.49. The van der Waals surface area contributed by atoms with Gasteiger partial charge in [-0.2, -0.15) is 0 Å². The number of hydrogen-bond acceptors (Lipinski definition) is 3. The summed E-state index contributed by atoms with van der Waals surface area (Å²) in [5, 5.41) is 3.18. The molecule has 108 valence electrons. The highest BCUT2D eigenvalue weighted by atomic mass is 16.2. The molecule has 4 heteroatoms. The SMILES string of the molecule is Cc1ccc(NCN2C(=O)[C@@H]3[C@@H](C2=O)[C@H]2C=C[C@H]3C2)cc1. The molecule has 4 atom stereocenters. The Bertz CT molecular complexity index is 605. The largest absolute Gasteiger partial charge is 0.367 e. The second-order valence-corrected chi connectivity index (χ2v) is 6.31. The number of allylic oxidation sites excluding steroid dienone is 2. The molecule has 2 fully saturated rings. The van der Waals surface area contributed by atoms with Crippen LogP contribution in [0.15, 0.2) is 36.4 Å². The predicted octanol–water partition coefficient (Wildman–Crippen LogP) is 2.17. The van der Waals surface area contributed by atoms with Crippen molar-refractivity contribution in [2.45, 2.75) is 13.3 Å². The Labute approximate surface area is 123 Å². The standard InChI is InChI=1S/C17H18N2O2/c1-10-2-6-13(7-3-10)18-9-19-16(20)14-11-4-5-12(8-11)15(14)17(19)21/h2-7,11-12,14-15,18H,8-9H2,1H3/t11-,12-,14-,15-/m0/s1. The maximum atomic E-state index is 12.5. The van der Waals surface area contributed by atoms with Gasteiger partial charge in [0.15, 0.2) is 0 Å². The predicted molar refractivity (Wildman–Crippen MR) is 79.2 cm³/mol. The number of nitrogens with one attached hydrogen (secondary N) is 1. The molecule has 0 spiro atoms. The van der Waals surface area contributed by atoms with Crippen LogP contribution in [0.3, 0.4) is 0 Å². The Morgan fingerprint density at radius 2 is 1.62 bits per heavy atom. The monoisotopic (exact) mass is 282 g/mol. The van der Waals surface area contributed by atoms with E-state index in [0.717, 1.165) is 12.1 Å². The number of likely N-dealkylation sites (tertiary alicyclic amines) is 1. The van der Waals surface area contributed by atoms with Crippen LogP contribution in [0.2, 0.25) is 0 Å². The summed E-state index contributed by atoms with van der Waals surface area (Å²) in [5.41, 5.74) is 2.12. The molecule has 2 amide bonds. The Hall–Kier alpha value is -2.10. The molecule has 3 aliphatic rings. The molecule has 4 rings (SSSR count). The maximum absolute atomic E-state index is 12.5. The normalized spacial score (nSPS) is 32.9. The van der Waals surface area contributed by atoms with Gasteiger partial charge in [0.25, 0.3) is 0 Å². The minimum atomic E-state index is -0.104. The molecule has 1 aromatic rings. The fourth-order valence-electron chi connectivity index (χ4n) is 3.96. The van der Waals surface area contributed by atoms with Gasteiger partial charge < -0.3 is 5.32 Å². The van der Waals surface area contributed by atoms with Crippen LogP contribution in [0.4, 0.5) is 5.69 Å². The summed E-state index contributed by atoms with van der Waals surface area (Å²) in [6.45, 7) is 2.30. The summed E-state index contributed by atoms with van der Waals surface area (Å²) < 4.78 is 0. The van der Waals surface area contributed by atoms with E-state index in [0.29, 0.717) is 0 Å². The van der Waals surface area contributed by atoms with Crippen LogP contribution < -0.4 is 5.32 Å². The van der Waals surface area contributed by atoms with Gasteiger partial charge in [0.1, 0.15) is 0 Å². The zero-order valence-electron chi connectivity index (χ0n) is 12.0. The van der Waals surface area contributed by atoms with E-state index in [4.69, 9.17) is 0 Å². The highest BCUT2D eigenvalue weighted by molar-refractivity contribution is 6.06. The third kappa shape index (κ3) is 1.82. The summed E-state index contributed by atoms with van der Waals surface area (Å²) in [5.74, 6) is 0.351. The molecular weight excluding hydrogens is 264 g/mol. The fraction of sp³-hybridized carbons (Fsp3) is 0.412. The van der Waals surface area contributed by atoms with E-state index in [9.17, 15) is 9.59 Å². The first-order chi connectivity index (χ1) is 10.1. The summed E-state index contributed by atoms with van der Waals surface area (Å²) in [6, 6.07) is 7.95. The van der Waals surface area contributed by atoms with E-state index in [1.54, 1.807) is 0 Å². The van der Waals surface area contributed by atoms with Crippen molar-refractivity contribution >= 4 is 17.5 Å². The summed E-state index contributed by atoms with van der Waals surface area (Å²) >= 11 is 0. The van der Waals surface area contributed by atoms with Crippen LogP contribution in [0.1, 0.15) is 12.0 Å². The van der Waals surface area contributed by atoms with Gasteiger partial charge in [-0.25, -0.2) is 0 Å². The van der Waals surface area contributed by atoms with Crippen molar-refractivity contribution in [1.29, 1.82) is 0 Å². The first kappa shape index (κ1) is 12.6. The van der Waals surface area contributed by atoms with Gasteiger partial charge in [-0.05, 0) is 37.3 Å². The van der Waals surface area contributed by atoms with Crippen molar-refractivity contribution < 1.29 is 9.59 Å². The van der Waals surface area contributed by atoms with E-state index in [-0.39, 0.29) is 42.2 Å². The Kier molecular flexibility index (Phi) is 2.67. The highest BCUT2D eigenvalue weighted by Gasteiger charge is 2.59. The fourth-order valence-corrected chi connectivity index (χ4v) is 3.96. The Morgan fingerprint density at radius 1 is 1.05 bits per heavy atom. The number of fused-ring (bicyclic) bond motifs is 5. The van der Waals surface area contributed by atoms with E-state index in [1.807, 2.05) is 31.2 Å². The van der Waals surface area contributed by atoms with E-state index < -0.39 is 0 Å². The van der Waals surface area contributed by atoms with Crippen molar-refractivity contribution in [3.8, 4) is 0 Å². The lowest BCUT2D eigenvalue weighted by atomic mass is 9.85. The van der Waals surface area contributed by atoms with Crippen molar-refractivity contribution in [3.63, 3.8) is 0 Å². The maximum Gasteiger partial charge on any atom is 0.235 e. The third-order valence-corrected chi connectivity index (χ3v) is 5.05. The molecule has 4 nitrogen and oxygen atoms in total. The van der Waals surface area contributed by atoms with Crippen LogP contribution >= 0.6 is 0 Å². The third-order valence-electron chi connectivity index (χ3n) is 5.05. The molecule has 1 aromatic carbocycles. The molecule has 0 radical (unpaired) electrons. The lowest BCUT2D eigenvalue weighted by molar-refractivity contribution is -0.140. The van der Waals surface area contributed by atoms with Crippen molar-refractivity contribution in [3.05, 3.63) is 42.0 Å². The van der Waals surface area contributed by atoms with Gasteiger partial charge >= 0.3 is 0 Å². The number of nitrogens with zero attached hydrogens (tertiary/aromatic N) is 1. The topological polar surface area (TPSA) is 49.4 Å². The number of carbonyl (C=O) groups excluding carboxylic acids is 2. The average molecular weight is 282 g/mol. The lowest BCUT2D eigenvalue weighted by Crippen LogP contribution is -2.37. The smallest absolute Gasteiger partial charge is 0.235 e. The Morgan fingerprint density at radius 3 is 2.19 bits per heavy atom. The molecular formula is C17H18N2O2. The van der Waals surface area contributed by atoms with Gasteiger partial charge in [-0.3, -0.25) is 14.5 Å². The van der Waals surface area contributed by atoms with E-state index in [1.165, 1.54) is 10.5 Å². The molecule has 2 bridgehead atoms. The molecule has 1 N–H and O–H groups in total. The minimum Gasteiger partial charge on any atom is -0.367 e. The molecule has 1 aliphatic heterocycles. The molecule has 0 aromatic heterocycles. The number of carbonyl (C=O) groups is 2. The van der Waals surface area contributed by atoms with Gasteiger partial charge in [-0.1, -0.05) is 29.8 Å². The van der Waals surface area contributed by atoms with Crippen LogP contribution in [-0.4, -0.2) is 23.4 Å². The van der Waals surface area contributed by atoms with Gasteiger partial charge in [-0.15, -0.1) is 0 Å². The lowest BCUT2D eigenvalue weighted by Gasteiger charge is -2.18. The summed E-state index contributed by atoms with van der Waals surface area (Å²) in [4.78, 5) is 26.4. The molecule has 1 heterocycles. The number of imide groups is 1. The number of anilines is 1. The van der Waals surface area contributed by atoms with Crippen LogP contribution in [-0.2, 0) is 9.59 Å². The van der Waals surface area contributed by atoms with Crippen molar-refractivity contribution in [2.75, 3.05) is 12.0 Å². The number of aryl methyl sites for hydroxylation is 1. The van der Waals surface area contributed by atoms with Crippen LogP contribution in [0.25, 0.3) is 0 Å². The zero-order chi connectivity index (χ0) is 14.6. The number of rotatable bonds is 3. The Balaban J connectivity index is 1.48. The molecule has 21 heavy (non-hydrogen) atoms. The molecule has 1 saturated carbocycles. The van der Waals surface area contributed by atoms with Gasteiger partial charge in [0.05, 0.1) is 18.5 Å². The van der Waals surface area contributed by atoms with Crippen molar-refractivity contribution in [1.82, 2.24) is 4.90 Å². The average Bonchev–Trinajstić information content (AvgIpc) is 3.14. The highest BCUT2D eigenvalue weighted by Crippen LogP contribution is 2.52. The number of hydrogen-bond donors (Lipinski definition) is 1. The summed E-state index contributed by atoms with van der Waals surface area (Å²) in [7, 11) is 0. The van der Waals surface area contributed by atoms with Crippen LogP contribution in [0.5, 0.6) is 0 Å².